The van der Waals surface area contributed by atoms with Crippen LogP contribution < -0.4 is 28.7 Å². The number of rotatable bonds is 5. The Labute approximate surface area is 361 Å². The van der Waals surface area contributed by atoms with E-state index in [2.05, 4.69) is 63.1 Å². The van der Waals surface area contributed by atoms with Crippen LogP contribution in [0.5, 0.6) is 0 Å². The van der Waals surface area contributed by atoms with Crippen LogP contribution in [0.1, 0.15) is 0 Å². The van der Waals surface area contributed by atoms with E-state index in [9.17, 15) is 50.6 Å². The van der Waals surface area contributed by atoms with Gasteiger partial charge in [0.1, 0.15) is 28.4 Å². The van der Waals surface area contributed by atoms with Gasteiger partial charge < -0.3 is 28.7 Å². The Morgan fingerprint density at radius 1 is 0.300 bits per heavy atom. The standard InChI is InChI=1S/5C6H6N2O2S.5FH/c5*7-5-2-1-4(11)3-6(5)8(9)10;;;;;/h5*1-3,11H,7H2;5*1H. The second-order valence-electron chi connectivity index (χ2n) is 10.0. The van der Waals surface area contributed by atoms with Crippen LogP contribution in [0.4, 0.5) is 80.4 Å². The van der Waals surface area contributed by atoms with Gasteiger partial charge in [-0.05, 0) is 60.7 Å². The molecule has 0 radical (unpaired) electrons. The van der Waals surface area contributed by atoms with Gasteiger partial charge in [-0.2, -0.15) is 0 Å². The summed E-state index contributed by atoms with van der Waals surface area (Å²) >= 11 is 19.7. The maximum Gasteiger partial charge on any atom is 0.293 e. The molecule has 0 fully saturated rings. The second-order valence-corrected chi connectivity index (χ2v) is 12.6. The van der Waals surface area contributed by atoms with Crippen molar-refractivity contribution < 1.29 is 48.1 Å². The molecule has 330 valence electrons. The minimum Gasteiger partial charge on any atom is -0.393 e. The fourth-order valence-electron chi connectivity index (χ4n) is 3.45. The SMILES string of the molecule is F.F.F.F.F.Nc1ccc(S)cc1[N+](=O)[O-].Nc1ccc(S)cc1[N+](=O)[O-].Nc1ccc(S)cc1[N+](=O)[O-].Nc1ccc(S)cc1[N+](=O)[O-].Nc1ccc(S)cc1[N+](=O)[O-]. The lowest BCUT2D eigenvalue weighted by Gasteiger charge is -1.96. The molecule has 0 aromatic heterocycles. The topological polar surface area (TPSA) is 346 Å². The lowest BCUT2D eigenvalue weighted by molar-refractivity contribution is -0.384. The average Bonchev–Trinajstić information content (AvgIpc) is 3.10. The van der Waals surface area contributed by atoms with Gasteiger partial charge in [0.15, 0.2) is 0 Å². The van der Waals surface area contributed by atoms with Crippen molar-refractivity contribution in [3.05, 3.63) is 142 Å². The molecule has 0 atom stereocenters. The van der Waals surface area contributed by atoms with Crippen LogP contribution in [0, 0.1) is 50.6 Å². The van der Waals surface area contributed by atoms with E-state index in [4.69, 9.17) is 28.7 Å². The van der Waals surface area contributed by atoms with Gasteiger partial charge in [-0.1, -0.05) is 0 Å². The summed E-state index contributed by atoms with van der Waals surface area (Å²) in [6.07, 6.45) is 0. The van der Waals surface area contributed by atoms with Crippen LogP contribution in [-0.4, -0.2) is 24.6 Å². The summed E-state index contributed by atoms with van der Waals surface area (Å²) in [6.45, 7) is 0. The highest BCUT2D eigenvalue weighted by Crippen LogP contribution is 2.27. The minimum absolute atomic E-state index is 0. The Kier molecular flexibility index (Phi) is 31.0. The molecular weight excluding hydrogens is 916 g/mol. The number of hydrogen-bond donors (Lipinski definition) is 10. The van der Waals surface area contributed by atoms with Gasteiger partial charge >= 0.3 is 0 Å². The molecule has 10 N–H and O–H groups in total. The van der Waals surface area contributed by atoms with Crippen molar-refractivity contribution in [3.8, 4) is 0 Å². The minimum atomic E-state index is -0.533. The fourth-order valence-corrected chi connectivity index (χ4v) is 4.43. The number of thiol groups is 5. The van der Waals surface area contributed by atoms with Crippen LogP contribution >= 0.6 is 63.1 Å². The quantitative estimate of drug-likeness (QED) is 0.0261. The van der Waals surface area contributed by atoms with Crippen LogP contribution in [0.2, 0.25) is 0 Å². The largest absolute Gasteiger partial charge is 0.393 e. The zero-order valence-corrected chi connectivity index (χ0v) is 34.1. The molecule has 0 spiro atoms. The van der Waals surface area contributed by atoms with E-state index >= 15 is 0 Å². The van der Waals surface area contributed by atoms with E-state index in [-0.39, 0.29) is 80.4 Å². The van der Waals surface area contributed by atoms with Crippen molar-refractivity contribution in [2.75, 3.05) is 28.7 Å². The number of nitro benzene ring substituents is 5. The number of nitrogens with two attached hydrogens (primary N) is 5. The van der Waals surface area contributed by atoms with Crippen molar-refractivity contribution in [2.24, 2.45) is 0 Å². The molecule has 0 saturated carbocycles. The van der Waals surface area contributed by atoms with Crippen molar-refractivity contribution in [2.45, 2.75) is 24.5 Å². The maximum atomic E-state index is 10.3. The van der Waals surface area contributed by atoms with E-state index in [1.165, 1.54) is 60.7 Å². The number of anilines is 5. The number of hydrogen-bond acceptors (Lipinski definition) is 20. The van der Waals surface area contributed by atoms with Crippen molar-refractivity contribution in [1.29, 1.82) is 0 Å². The average molecular weight is 951 g/mol. The molecule has 5 aromatic carbocycles. The molecule has 0 unspecified atom stereocenters. The Morgan fingerprint density at radius 2 is 0.417 bits per heavy atom. The number of nitro groups is 5. The molecular formula is C30H35F5N10O10S5. The maximum absolute atomic E-state index is 10.3. The van der Waals surface area contributed by atoms with E-state index in [0.717, 1.165) is 0 Å². The van der Waals surface area contributed by atoms with Gasteiger partial charge in [-0.25, -0.2) is 0 Å². The Morgan fingerprint density at radius 3 is 0.500 bits per heavy atom. The molecule has 5 aromatic rings. The first-order valence-corrected chi connectivity index (χ1v) is 16.4. The summed E-state index contributed by atoms with van der Waals surface area (Å²) in [5.74, 6) is 0. The molecule has 20 nitrogen and oxygen atoms in total. The number of nitrogens with zero attached hydrogens (tertiary/aromatic N) is 5. The van der Waals surface area contributed by atoms with Gasteiger partial charge in [-0.3, -0.25) is 74.1 Å². The van der Waals surface area contributed by atoms with E-state index in [1.54, 1.807) is 30.3 Å². The first-order chi connectivity index (χ1) is 25.5. The highest BCUT2D eigenvalue weighted by Gasteiger charge is 2.13. The summed E-state index contributed by atoms with van der Waals surface area (Å²) in [4.78, 5) is 51.3. The van der Waals surface area contributed by atoms with Crippen LogP contribution in [0.25, 0.3) is 0 Å². The summed E-state index contributed by atoms with van der Waals surface area (Å²) in [5.41, 5.74) is 26.9. The molecule has 30 heteroatoms. The third-order valence-corrected chi connectivity index (χ3v) is 7.44. The zero-order valence-electron chi connectivity index (χ0n) is 29.6. The highest BCUT2D eigenvalue weighted by molar-refractivity contribution is 7.81. The summed E-state index contributed by atoms with van der Waals surface area (Å²) in [7, 11) is 0. The summed E-state index contributed by atoms with van der Waals surface area (Å²) in [5, 5.41) is 51.3. The van der Waals surface area contributed by atoms with Crippen molar-refractivity contribution in [1.82, 2.24) is 0 Å². The Hall–Kier alpha value is -6.50. The Balaban J connectivity index is -0.000000206. The lowest BCUT2D eigenvalue weighted by atomic mass is 10.3. The number of benzene rings is 5. The molecule has 0 aliphatic heterocycles. The normalized spacial score (nSPS) is 8.75. The zero-order chi connectivity index (χ0) is 42.2. The van der Waals surface area contributed by atoms with Crippen LogP contribution in [0.3, 0.4) is 0 Å². The van der Waals surface area contributed by atoms with Crippen molar-refractivity contribution in [3.63, 3.8) is 0 Å². The summed E-state index contributed by atoms with van der Waals surface area (Å²) < 4.78 is 0. The third kappa shape index (κ3) is 21.3. The fraction of sp³-hybridized carbons (Fsp3) is 0. The highest BCUT2D eigenvalue weighted by atomic mass is 32.1. The predicted molar refractivity (Wildman–Crippen MR) is 236 cm³/mol. The van der Waals surface area contributed by atoms with Gasteiger partial charge in [0, 0.05) is 54.8 Å². The van der Waals surface area contributed by atoms with Gasteiger partial charge in [0.05, 0.1) is 24.6 Å². The first-order valence-electron chi connectivity index (χ1n) is 14.2. The molecule has 0 heterocycles. The lowest BCUT2D eigenvalue weighted by Crippen LogP contribution is -1.94. The van der Waals surface area contributed by atoms with Crippen molar-refractivity contribution >= 4 is 120 Å². The number of halogens is 5. The second kappa shape index (κ2) is 29.7. The van der Waals surface area contributed by atoms with Gasteiger partial charge in [0.2, 0.25) is 0 Å². The predicted octanol–water partition coefficient (Wildman–Crippen LogP) is 8.09. The molecule has 0 bridgehead atoms. The molecule has 0 aliphatic carbocycles. The number of nitrogen functional groups attached to an aromatic ring is 5. The monoisotopic (exact) mass is 950 g/mol. The molecule has 0 aliphatic rings. The van der Waals surface area contributed by atoms with Gasteiger partial charge in [-0.15, -0.1) is 63.1 Å². The van der Waals surface area contributed by atoms with E-state index in [0.29, 0.717) is 24.5 Å². The van der Waals surface area contributed by atoms with E-state index in [1.807, 2.05) is 0 Å². The molecule has 0 amide bonds. The third-order valence-electron chi connectivity index (χ3n) is 6.05. The molecule has 0 saturated heterocycles. The smallest absolute Gasteiger partial charge is 0.293 e. The molecule has 60 heavy (non-hydrogen) atoms. The van der Waals surface area contributed by atoms with Crippen LogP contribution in [0.15, 0.2) is 115 Å². The Bertz CT molecular complexity index is 1880. The first kappa shape index (κ1) is 62.7. The van der Waals surface area contributed by atoms with E-state index < -0.39 is 24.6 Å². The summed E-state index contributed by atoms with van der Waals surface area (Å²) in [6, 6.07) is 21.9. The van der Waals surface area contributed by atoms with Crippen LogP contribution in [-0.2, 0) is 0 Å². The molecule has 5 rings (SSSR count). The van der Waals surface area contributed by atoms with Gasteiger partial charge in [0.25, 0.3) is 28.4 Å².